The maximum Gasteiger partial charge on any atom is 0.238 e. The smallest absolute Gasteiger partial charge is 0.238 e. The number of aromatic nitrogens is 1. The fourth-order valence-electron chi connectivity index (χ4n) is 1.41. The molecule has 0 radical (unpaired) electrons. The average Bonchev–Trinajstić information content (AvgIpc) is 2.76. The first-order valence-corrected chi connectivity index (χ1v) is 7.46. The number of aryl methyl sites for hydroxylation is 1. The monoisotopic (exact) mass is 301 g/mol. The van der Waals surface area contributed by atoms with Gasteiger partial charge in [-0.2, -0.15) is 0 Å². The van der Waals surface area contributed by atoms with E-state index >= 15 is 0 Å². The van der Waals surface area contributed by atoms with E-state index in [4.69, 9.17) is 16.7 Å². The summed E-state index contributed by atoms with van der Waals surface area (Å²) in [4.78, 5) is 14.0. The van der Waals surface area contributed by atoms with E-state index in [0.717, 1.165) is 17.4 Å². The van der Waals surface area contributed by atoms with Crippen molar-refractivity contribution in [3.63, 3.8) is 0 Å². The SMILES string of the molecule is CCN(CC)C(=S)S[C@H](C)C(=O)Nc1cc(C)on1. The molecule has 7 heteroatoms. The number of thioether (sulfide) groups is 1. The third-order valence-electron chi connectivity index (χ3n) is 2.55. The lowest BCUT2D eigenvalue weighted by molar-refractivity contribution is -0.115. The summed E-state index contributed by atoms with van der Waals surface area (Å²) in [6.45, 7) is 9.37. The van der Waals surface area contributed by atoms with E-state index in [9.17, 15) is 4.79 Å². The van der Waals surface area contributed by atoms with E-state index < -0.39 is 0 Å². The highest BCUT2D eigenvalue weighted by atomic mass is 32.2. The fraction of sp³-hybridized carbons (Fsp3) is 0.583. The molecular weight excluding hydrogens is 282 g/mol. The van der Waals surface area contributed by atoms with Crippen molar-refractivity contribution in [3.8, 4) is 0 Å². The van der Waals surface area contributed by atoms with Crippen LogP contribution < -0.4 is 5.32 Å². The Balaban J connectivity index is 2.51. The Morgan fingerprint density at radius 3 is 2.68 bits per heavy atom. The summed E-state index contributed by atoms with van der Waals surface area (Å²) in [7, 11) is 0. The van der Waals surface area contributed by atoms with Crippen LogP contribution in [-0.2, 0) is 4.79 Å². The van der Waals surface area contributed by atoms with Crippen molar-refractivity contribution in [3.05, 3.63) is 11.8 Å². The van der Waals surface area contributed by atoms with Gasteiger partial charge in [-0.05, 0) is 27.7 Å². The van der Waals surface area contributed by atoms with Gasteiger partial charge in [0.25, 0.3) is 0 Å². The number of amides is 1. The summed E-state index contributed by atoms with van der Waals surface area (Å²) in [6, 6.07) is 1.68. The molecular formula is C12H19N3O2S2. The number of rotatable bonds is 5. The molecule has 0 aromatic carbocycles. The van der Waals surface area contributed by atoms with Gasteiger partial charge >= 0.3 is 0 Å². The van der Waals surface area contributed by atoms with Crippen LogP contribution in [0.4, 0.5) is 5.82 Å². The van der Waals surface area contributed by atoms with E-state index in [0.29, 0.717) is 11.6 Å². The molecule has 0 unspecified atom stereocenters. The van der Waals surface area contributed by atoms with Gasteiger partial charge in [-0.25, -0.2) is 0 Å². The van der Waals surface area contributed by atoms with Crippen LogP contribution in [0.2, 0.25) is 0 Å². The molecule has 1 atom stereocenters. The van der Waals surface area contributed by atoms with E-state index in [-0.39, 0.29) is 11.2 Å². The van der Waals surface area contributed by atoms with Gasteiger partial charge in [0.2, 0.25) is 5.91 Å². The lowest BCUT2D eigenvalue weighted by Crippen LogP contribution is -2.31. The number of nitrogens with one attached hydrogen (secondary N) is 1. The van der Waals surface area contributed by atoms with E-state index in [1.54, 1.807) is 13.0 Å². The first-order valence-electron chi connectivity index (χ1n) is 6.17. The highest BCUT2D eigenvalue weighted by molar-refractivity contribution is 8.23. The van der Waals surface area contributed by atoms with Crippen molar-refractivity contribution in [1.29, 1.82) is 0 Å². The second-order valence-electron chi connectivity index (χ2n) is 4.01. The first kappa shape index (κ1) is 16.0. The molecule has 0 bridgehead atoms. The highest BCUT2D eigenvalue weighted by Gasteiger charge is 2.19. The van der Waals surface area contributed by atoms with Crippen LogP contribution in [0.5, 0.6) is 0 Å². The molecule has 0 spiro atoms. The molecule has 1 aromatic rings. The molecule has 1 aromatic heterocycles. The third kappa shape index (κ3) is 4.83. The van der Waals surface area contributed by atoms with Gasteiger partial charge in [-0.15, -0.1) is 0 Å². The standard InChI is InChI=1S/C12H19N3O2S2/c1-5-15(6-2)12(18)19-9(4)11(16)13-10-7-8(3)17-14-10/h7,9H,5-6H2,1-4H3,(H,13,14,16)/t9-/m1/s1. The van der Waals surface area contributed by atoms with Crippen LogP contribution in [-0.4, -0.2) is 38.6 Å². The summed E-state index contributed by atoms with van der Waals surface area (Å²) < 4.78 is 5.63. The molecule has 19 heavy (non-hydrogen) atoms. The predicted molar refractivity (Wildman–Crippen MR) is 82.4 cm³/mol. The lowest BCUT2D eigenvalue weighted by Gasteiger charge is -2.22. The Kier molecular flexibility index (Phi) is 6.30. The normalized spacial score (nSPS) is 12.0. The van der Waals surface area contributed by atoms with Crippen LogP contribution in [0.1, 0.15) is 26.5 Å². The zero-order valence-electron chi connectivity index (χ0n) is 11.6. The molecule has 5 nitrogen and oxygen atoms in total. The minimum atomic E-state index is -0.273. The van der Waals surface area contributed by atoms with Crippen molar-refractivity contribution in [2.24, 2.45) is 0 Å². The molecule has 1 amide bonds. The predicted octanol–water partition coefficient (Wildman–Crippen LogP) is 2.67. The molecule has 0 aliphatic carbocycles. The van der Waals surface area contributed by atoms with E-state index in [1.807, 2.05) is 25.7 Å². The molecule has 0 aliphatic heterocycles. The zero-order valence-corrected chi connectivity index (χ0v) is 13.2. The summed E-state index contributed by atoms with van der Waals surface area (Å²) >= 11 is 6.69. The number of nitrogens with zero attached hydrogens (tertiary/aromatic N) is 2. The highest BCUT2D eigenvalue weighted by Crippen LogP contribution is 2.18. The summed E-state index contributed by atoms with van der Waals surface area (Å²) in [6.07, 6.45) is 0. The first-order chi connectivity index (χ1) is 8.97. The molecule has 106 valence electrons. The molecule has 1 heterocycles. The molecule has 0 aliphatic rings. The lowest BCUT2D eigenvalue weighted by atomic mass is 10.4. The molecule has 0 saturated carbocycles. The van der Waals surface area contributed by atoms with Crippen LogP contribution in [0.25, 0.3) is 0 Å². The Morgan fingerprint density at radius 1 is 1.58 bits per heavy atom. The molecule has 0 fully saturated rings. The summed E-state index contributed by atoms with van der Waals surface area (Å²) in [5, 5.41) is 6.15. The van der Waals surface area contributed by atoms with Crippen molar-refractivity contribution in [1.82, 2.24) is 10.1 Å². The third-order valence-corrected chi connectivity index (χ3v) is 4.12. The molecule has 1 N–H and O–H groups in total. The molecule has 1 rings (SSSR count). The topological polar surface area (TPSA) is 58.4 Å². The quantitative estimate of drug-likeness (QED) is 0.844. The second kappa shape index (κ2) is 7.49. The van der Waals surface area contributed by atoms with Gasteiger partial charge in [-0.1, -0.05) is 29.1 Å². The van der Waals surface area contributed by atoms with Gasteiger partial charge in [-0.3, -0.25) is 4.79 Å². The average molecular weight is 301 g/mol. The van der Waals surface area contributed by atoms with Gasteiger partial charge in [0, 0.05) is 19.2 Å². The zero-order chi connectivity index (χ0) is 14.4. The summed E-state index contributed by atoms with van der Waals surface area (Å²) in [5.41, 5.74) is 0. The maximum atomic E-state index is 12.0. The van der Waals surface area contributed by atoms with Crippen LogP contribution in [0.15, 0.2) is 10.6 Å². The Hall–Kier alpha value is -1.08. The largest absolute Gasteiger partial charge is 0.360 e. The van der Waals surface area contributed by atoms with Gasteiger partial charge in [0.05, 0.1) is 5.25 Å². The van der Waals surface area contributed by atoms with Crippen molar-refractivity contribution in [2.45, 2.75) is 32.9 Å². The van der Waals surface area contributed by atoms with Crippen molar-refractivity contribution >= 4 is 40.0 Å². The number of carbonyl (C=O) groups is 1. The van der Waals surface area contributed by atoms with Crippen LogP contribution in [0, 0.1) is 6.92 Å². The Morgan fingerprint density at radius 2 is 2.21 bits per heavy atom. The van der Waals surface area contributed by atoms with Gasteiger partial charge in [0.1, 0.15) is 10.1 Å². The van der Waals surface area contributed by atoms with Crippen LogP contribution in [0.3, 0.4) is 0 Å². The van der Waals surface area contributed by atoms with Crippen LogP contribution >= 0.6 is 24.0 Å². The number of hydrogen-bond donors (Lipinski definition) is 1. The number of anilines is 1. The van der Waals surface area contributed by atoms with E-state index in [2.05, 4.69) is 10.5 Å². The van der Waals surface area contributed by atoms with Crippen molar-refractivity contribution in [2.75, 3.05) is 18.4 Å². The van der Waals surface area contributed by atoms with Gasteiger partial charge < -0.3 is 14.7 Å². The van der Waals surface area contributed by atoms with Crippen molar-refractivity contribution < 1.29 is 9.32 Å². The number of hydrogen-bond acceptors (Lipinski definition) is 5. The Bertz CT molecular complexity index is 444. The van der Waals surface area contributed by atoms with E-state index in [1.165, 1.54) is 11.8 Å². The maximum absolute atomic E-state index is 12.0. The van der Waals surface area contributed by atoms with Gasteiger partial charge in [0.15, 0.2) is 5.82 Å². The number of carbonyl (C=O) groups excluding carboxylic acids is 1. The minimum absolute atomic E-state index is 0.132. The molecule has 0 saturated heterocycles. The minimum Gasteiger partial charge on any atom is -0.360 e. The Labute approximate surface area is 123 Å². The number of thiocarbonyl (C=S) groups is 1. The second-order valence-corrected chi connectivity index (χ2v) is 5.98. The fourth-order valence-corrected chi connectivity index (χ4v) is 2.98. The summed E-state index contributed by atoms with van der Waals surface area (Å²) in [5.74, 6) is 0.964.